The van der Waals surface area contributed by atoms with Crippen molar-refractivity contribution in [3.8, 4) is 0 Å². The summed E-state index contributed by atoms with van der Waals surface area (Å²) in [7, 11) is 0. The summed E-state index contributed by atoms with van der Waals surface area (Å²) in [4.78, 5) is 11.9. The van der Waals surface area contributed by atoms with Crippen LogP contribution in [0.3, 0.4) is 0 Å². The number of hydrogen-bond acceptors (Lipinski definition) is 7. The second kappa shape index (κ2) is 13.3. The topological polar surface area (TPSA) is 83.5 Å². The van der Waals surface area contributed by atoms with Gasteiger partial charge in [-0.25, -0.2) is 0 Å². The molecule has 3 aromatic carbocycles. The van der Waals surface area contributed by atoms with Gasteiger partial charge in [0.05, 0.1) is 26.4 Å². The smallest absolute Gasteiger partial charge is 0.303 e. The van der Waals surface area contributed by atoms with Gasteiger partial charge in [-0.2, -0.15) is 0 Å². The van der Waals surface area contributed by atoms with Crippen LogP contribution in [-0.4, -0.2) is 48.4 Å². The number of aliphatic hydroxyl groups excluding tert-OH is 1. The summed E-state index contributed by atoms with van der Waals surface area (Å²) in [6.07, 6.45) is -4.56. The van der Waals surface area contributed by atoms with Crippen LogP contribution in [0.5, 0.6) is 0 Å². The van der Waals surface area contributed by atoms with Crippen molar-refractivity contribution in [3.63, 3.8) is 0 Å². The fraction of sp³-hybridized carbons (Fsp3) is 0.345. The highest BCUT2D eigenvalue weighted by atomic mass is 16.7. The first-order valence-electron chi connectivity index (χ1n) is 12.0. The van der Waals surface area contributed by atoms with Gasteiger partial charge in [0.2, 0.25) is 0 Å². The Kier molecular flexibility index (Phi) is 9.61. The monoisotopic (exact) mass is 492 g/mol. The minimum atomic E-state index is -1.39. The average Bonchev–Trinajstić information content (AvgIpc) is 2.90. The van der Waals surface area contributed by atoms with Crippen LogP contribution in [-0.2, 0) is 48.3 Å². The Balaban J connectivity index is 1.53. The van der Waals surface area contributed by atoms with Gasteiger partial charge in [0.15, 0.2) is 12.4 Å². The SMILES string of the molecule is CC(=O)OC1C(O)OC(COCc2ccccc2)[C@@H](OCc2ccccc2)[C@H]1OCc1ccccc1. The van der Waals surface area contributed by atoms with Crippen molar-refractivity contribution >= 4 is 5.97 Å². The number of carbonyl (C=O) groups excluding carboxylic acids is 1. The summed E-state index contributed by atoms with van der Waals surface area (Å²) in [6.45, 7) is 2.36. The zero-order valence-corrected chi connectivity index (χ0v) is 20.3. The van der Waals surface area contributed by atoms with Crippen LogP contribution in [0.15, 0.2) is 91.0 Å². The summed E-state index contributed by atoms with van der Waals surface area (Å²) in [6, 6.07) is 29.2. The van der Waals surface area contributed by atoms with Crippen LogP contribution >= 0.6 is 0 Å². The normalized spacial score (nSPS) is 23.8. The maximum absolute atomic E-state index is 11.9. The lowest BCUT2D eigenvalue weighted by molar-refractivity contribution is -0.309. The summed E-state index contributed by atoms with van der Waals surface area (Å²) >= 11 is 0. The molecule has 1 N–H and O–H groups in total. The predicted molar refractivity (Wildman–Crippen MR) is 133 cm³/mol. The molecule has 0 saturated carbocycles. The first-order chi connectivity index (χ1) is 17.6. The van der Waals surface area contributed by atoms with Crippen LogP contribution in [0.4, 0.5) is 0 Å². The number of benzene rings is 3. The molecule has 0 amide bonds. The van der Waals surface area contributed by atoms with Crippen molar-refractivity contribution in [1.29, 1.82) is 0 Å². The Bertz CT molecular complexity index is 1040. The predicted octanol–water partition coefficient (Wildman–Crippen LogP) is 4.02. The van der Waals surface area contributed by atoms with Crippen LogP contribution in [0.2, 0.25) is 0 Å². The zero-order valence-electron chi connectivity index (χ0n) is 20.3. The van der Waals surface area contributed by atoms with E-state index in [1.54, 1.807) is 0 Å². The number of carbonyl (C=O) groups is 1. The Labute approximate surface area is 211 Å². The van der Waals surface area contributed by atoms with Gasteiger partial charge in [0.25, 0.3) is 0 Å². The molecular formula is C29H32O7. The summed E-state index contributed by atoms with van der Waals surface area (Å²) < 4.78 is 29.8. The molecular weight excluding hydrogens is 460 g/mol. The molecule has 1 heterocycles. The zero-order chi connectivity index (χ0) is 25.2. The Morgan fingerprint density at radius 1 is 0.722 bits per heavy atom. The average molecular weight is 493 g/mol. The van der Waals surface area contributed by atoms with Crippen molar-refractivity contribution in [2.45, 2.75) is 57.5 Å². The third kappa shape index (κ3) is 7.46. The molecule has 0 radical (unpaired) electrons. The molecule has 1 aliphatic rings. The molecule has 0 aromatic heterocycles. The lowest BCUT2D eigenvalue weighted by Crippen LogP contribution is -2.61. The molecule has 0 spiro atoms. The largest absolute Gasteiger partial charge is 0.454 e. The first-order valence-corrected chi connectivity index (χ1v) is 12.0. The number of esters is 1. The quantitative estimate of drug-likeness (QED) is 0.405. The lowest BCUT2D eigenvalue weighted by atomic mass is 9.98. The van der Waals surface area contributed by atoms with E-state index in [0.717, 1.165) is 16.7 Å². The number of aliphatic hydroxyl groups is 1. The Morgan fingerprint density at radius 2 is 1.19 bits per heavy atom. The maximum Gasteiger partial charge on any atom is 0.303 e. The molecule has 3 unspecified atom stereocenters. The molecule has 5 atom stereocenters. The van der Waals surface area contributed by atoms with E-state index in [-0.39, 0.29) is 19.8 Å². The van der Waals surface area contributed by atoms with Crippen LogP contribution < -0.4 is 0 Å². The van der Waals surface area contributed by atoms with Crippen LogP contribution in [0.1, 0.15) is 23.6 Å². The fourth-order valence-electron chi connectivity index (χ4n) is 4.14. The van der Waals surface area contributed by atoms with E-state index in [2.05, 4.69) is 0 Å². The fourth-order valence-corrected chi connectivity index (χ4v) is 4.14. The Hall–Kier alpha value is -3.07. The van der Waals surface area contributed by atoms with Gasteiger partial charge in [-0.15, -0.1) is 0 Å². The molecule has 1 fully saturated rings. The second-order valence-electron chi connectivity index (χ2n) is 8.66. The van der Waals surface area contributed by atoms with E-state index >= 15 is 0 Å². The number of rotatable bonds is 11. The van der Waals surface area contributed by atoms with E-state index < -0.39 is 36.7 Å². The van der Waals surface area contributed by atoms with Gasteiger partial charge < -0.3 is 28.8 Å². The minimum absolute atomic E-state index is 0.156. The van der Waals surface area contributed by atoms with Crippen molar-refractivity contribution in [3.05, 3.63) is 108 Å². The highest BCUT2D eigenvalue weighted by Gasteiger charge is 2.49. The van der Waals surface area contributed by atoms with Crippen molar-refractivity contribution in [1.82, 2.24) is 0 Å². The number of ether oxygens (including phenoxy) is 5. The third-order valence-corrected chi connectivity index (χ3v) is 5.88. The van der Waals surface area contributed by atoms with E-state index in [1.807, 2.05) is 91.0 Å². The number of hydrogen-bond donors (Lipinski definition) is 1. The van der Waals surface area contributed by atoms with Gasteiger partial charge in [0.1, 0.15) is 18.3 Å². The molecule has 0 bridgehead atoms. The van der Waals surface area contributed by atoms with Gasteiger partial charge in [0, 0.05) is 6.92 Å². The first kappa shape index (κ1) is 26.0. The molecule has 7 heteroatoms. The van der Waals surface area contributed by atoms with E-state index in [1.165, 1.54) is 6.92 Å². The molecule has 4 rings (SSSR count). The molecule has 36 heavy (non-hydrogen) atoms. The van der Waals surface area contributed by atoms with Gasteiger partial charge in [-0.05, 0) is 16.7 Å². The summed E-state index contributed by atoms with van der Waals surface area (Å²) in [5, 5.41) is 10.8. The molecule has 1 aliphatic heterocycles. The molecule has 3 aromatic rings. The van der Waals surface area contributed by atoms with Gasteiger partial charge in [-0.3, -0.25) is 4.79 Å². The van der Waals surface area contributed by atoms with E-state index in [0.29, 0.717) is 6.61 Å². The second-order valence-corrected chi connectivity index (χ2v) is 8.66. The molecule has 1 saturated heterocycles. The Morgan fingerprint density at radius 3 is 1.69 bits per heavy atom. The van der Waals surface area contributed by atoms with Crippen molar-refractivity contribution in [2.24, 2.45) is 0 Å². The van der Waals surface area contributed by atoms with Gasteiger partial charge in [-0.1, -0.05) is 91.0 Å². The third-order valence-electron chi connectivity index (χ3n) is 5.88. The van der Waals surface area contributed by atoms with Gasteiger partial charge >= 0.3 is 5.97 Å². The highest BCUT2D eigenvalue weighted by Crippen LogP contribution is 2.29. The molecule has 190 valence electrons. The van der Waals surface area contributed by atoms with Crippen molar-refractivity contribution in [2.75, 3.05) is 6.61 Å². The standard InChI is InChI=1S/C29H32O7/c1-21(30)35-28-27(34-19-24-15-9-4-10-16-24)26(33-18-23-13-7-3-8-14-23)25(36-29(28)31)20-32-17-22-11-5-2-6-12-22/h2-16,25-29,31H,17-20H2,1H3/t25?,26-,27-,28?,29?/m1/s1. The summed E-state index contributed by atoms with van der Waals surface area (Å²) in [5.74, 6) is -0.545. The highest BCUT2D eigenvalue weighted by molar-refractivity contribution is 5.66. The maximum atomic E-state index is 11.9. The summed E-state index contributed by atoms with van der Waals surface area (Å²) in [5.41, 5.74) is 2.93. The lowest BCUT2D eigenvalue weighted by Gasteiger charge is -2.44. The molecule has 7 nitrogen and oxygen atoms in total. The minimum Gasteiger partial charge on any atom is -0.454 e. The van der Waals surface area contributed by atoms with Crippen LogP contribution in [0.25, 0.3) is 0 Å². The van der Waals surface area contributed by atoms with E-state index in [9.17, 15) is 9.90 Å². The van der Waals surface area contributed by atoms with Crippen molar-refractivity contribution < 1.29 is 33.6 Å². The van der Waals surface area contributed by atoms with Crippen LogP contribution in [0, 0.1) is 0 Å². The molecule has 0 aliphatic carbocycles. The van der Waals surface area contributed by atoms with E-state index in [4.69, 9.17) is 23.7 Å².